The van der Waals surface area contributed by atoms with E-state index in [0.717, 1.165) is 13.1 Å². The predicted octanol–water partition coefficient (Wildman–Crippen LogP) is 3.95. The van der Waals surface area contributed by atoms with Crippen molar-refractivity contribution in [1.29, 1.82) is 0 Å². The van der Waals surface area contributed by atoms with Gasteiger partial charge >= 0.3 is 0 Å². The summed E-state index contributed by atoms with van der Waals surface area (Å²) in [6.07, 6.45) is 1.23. The minimum atomic E-state index is 0.335. The van der Waals surface area contributed by atoms with Crippen LogP contribution in [0.25, 0.3) is 0 Å². The maximum Gasteiger partial charge on any atom is 0.0376 e. The zero-order valence-corrected chi connectivity index (χ0v) is 13.0. The molecule has 0 radical (unpaired) electrons. The van der Waals surface area contributed by atoms with E-state index >= 15 is 0 Å². The molecular formula is C17H28N2. The molecule has 0 saturated heterocycles. The van der Waals surface area contributed by atoms with E-state index in [0.29, 0.717) is 17.4 Å². The van der Waals surface area contributed by atoms with Crippen molar-refractivity contribution < 1.29 is 0 Å². The lowest BCUT2D eigenvalue weighted by Crippen LogP contribution is -2.42. The molecule has 106 valence electrons. The second-order valence-electron chi connectivity index (χ2n) is 6.98. The number of hydrogen-bond acceptors (Lipinski definition) is 2. The Morgan fingerprint density at radius 3 is 2.68 bits per heavy atom. The molecule has 0 aliphatic carbocycles. The van der Waals surface area contributed by atoms with Gasteiger partial charge in [-0.25, -0.2) is 0 Å². The molecule has 2 nitrogen and oxygen atoms in total. The van der Waals surface area contributed by atoms with Crippen LogP contribution in [0.5, 0.6) is 0 Å². The van der Waals surface area contributed by atoms with E-state index in [1.54, 1.807) is 0 Å². The molecule has 1 N–H and O–H groups in total. The van der Waals surface area contributed by atoms with E-state index in [9.17, 15) is 0 Å². The molecule has 0 spiro atoms. The maximum atomic E-state index is 3.51. The zero-order chi connectivity index (χ0) is 14.0. The van der Waals surface area contributed by atoms with Crippen molar-refractivity contribution in [2.75, 3.05) is 25.5 Å². The predicted molar refractivity (Wildman–Crippen MR) is 83.8 cm³/mol. The molecule has 2 rings (SSSR count). The van der Waals surface area contributed by atoms with Gasteiger partial charge in [0.2, 0.25) is 0 Å². The number of benzene rings is 1. The first-order valence-electron chi connectivity index (χ1n) is 7.42. The fourth-order valence-corrected chi connectivity index (χ4v) is 2.91. The average Bonchev–Trinajstić information content (AvgIpc) is 2.37. The Morgan fingerprint density at radius 2 is 2.00 bits per heavy atom. The van der Waals surface area contributed by atoms with Gasteiger partial charge in [0.05, 0.1) is 0 Å². The summed E-state index contributed by atoms with van der Waals surface area (Å²) in [7, 11) is 2.26. The van der Waals surface area contributed by atoms with E-state index < -0.39 is 0 Å². The first kappa shape index (κ1) is 14.4. The number of rotatable bonds is 3. The normalized spacial score (nSPS) is 20.8. The van der Waals surface area contributed by atoms with E-state index in [1.165, 1.54) is 17.7 Å². The third kappa shape index (κ3) is 3.30. The lowest BCUT2D eigenvalue weighted by Gasteiger charge is -2.38. The third-order valence-electron chi connectivity index (χ3n) is 4.63. The molecular weight excluding hydrogens is 232 g/mol. The van der Waals surface area contributed by atoms with Crippen LogP contribution in [0.2, 0.25) is 0 Å². The van der Waals surface area contributed by atoms with Crippen LogP contribution < -0.4 is 5.32 Å². The number of nitrogens with zero attached hydrogens (tertiary/aromatic N) is 1. The molecule has 19 heavy (non-hydrogen) atoms. The summed E-state index contributed by atoms with van der Waals surface area (Å²) in [5.41, 5.74) is 3.15. The van der Waals surface area contributed by atoms with Gasteiger partial charge in [0, 0.05) is 30.7 Å². The van der Waals surface area contributed by atoms with E-state index in [1.807, 2.05) is 0 Å². The molecule has 2 unspecified atom stereocenters. The zero-order valence-electron chi connectivity index (χ0n) is 13.0. The lowest BCUT2D eigenvalue weighted by atomic mass is 9.85. The highest BCUT2D eigenvalue weighted by molar-refractivity contribution is 5.54. The number of para-hydroxylation sites is 1. The average molecular weight is 260 g/mol. The number of anilines is 1. The van der Waals surface area contributed by atoms with Gasteiger partial charge in [0.25, 0.3) is 0 Å². The van der Waals surface area contributed by atoms with Crippen molar-refractivity contribution in [1.82, 2.24) is 4.90 Å². The summed E-state index contributed by atoms with van der Waals surface area (Å²) >= 11 is 0. The minimum Gasteiger partial charge on any atom is -0.385 e. The molecule has 2 atom stereocenters. The van der Waals surface area contributed by atoms with Crippen LogP contribution in [-0.4, -0.2) is 31.1 Å². The number of hydrogen-bond donors (Lipinski definition) is 1. The minimum absolute atomic E-state index is 0.335. The van der Waals surface area contributed by atoms with Crippen molar-refractivity contribution in [3.8, 4) is 0 Å². The second-order valence-corrected chi connectivity index (χ2v) is 6.98. The Balaban J connectivity index is 2.09. The molecule has 1 aromatic rings. The Labute approximate surface area is 118 Å². The van der Waals surface area contributed by atoms with Gasteiger partial charge in [-0.1, -0.05) is 39.0 Å². The Morgan fingerprint density at radius 1 is 1.32 bits per heavy atom. The van der Waals surface area contributed by atoms with Gasteiger partial charge in [-0.05, 0) is 37.4 Å². The SMILES string of the molecule is CC(N(C)CC1CCNc2ccccc21)C(C)(C)C. The van der Waals surface area contributed by atoms with Crippen molar-refractivity contribution in [3.05, 3.63) is 29.8 Å². The molecule has 0 saturated carbocycles. The molecule has 0 aromatic heterocycles. The maximum absolute atomic E-state index is 3.51. The smallest absolute Gasteiger partial charge is 0.0376 e. The number of nitrogens with one attached hydrogen (secondary N) is 1. The first-order chi connectivity index (χ1) is 8.89. The van der Waals surface area contributed by atoms with Gasteiger partial charge in [-0.3, -0.25) is 0 Å². The fourth-order valence-electron chi connectivity index (χ4n) is 2.91. The fraction of sp³-hybridized carbons (Fsp3) is 0.647. The van der Waals surface area contributed by atoms with Gasteiger partial charge in [0.15, 0.2) is 0 Å². The molecule has 0 bridgehead atoms. The summed E-state index contributed by atoms with van der Waals surface area (Å²) < 4.78 is 0. The van der Waals surface area contributed by atoms with Gasteiger partial charge in [-0.2, -0.15) is 0 Å². The monoisotopic (exact) mass is 260 g/mol. The van der Waals surface area contributed by atoms with Gasteiger partial charge in [-0.15, -0.1) is 0 Å². The highest BCUT2D eigenvalue weighted by Gasteiger charge is 2.27. The summed E-state index contributed by atoms with van der Waals surface area (Å²) in [5, 5.41) is 3.51. The van der Waals surface area contributed by atoms with Crippen molar-refractivity contribution in [3.63, 3.8) is 0 Å². The Kier molecular flexibility index (Phi) is 4.19. The van der Waals surface area contributed by atoms with Crippen LogP contribution in [0.4, 0.5) is 5.69 Å². The molecule has 1 heterocycles. The Bertz CT molecular complexity index is 420. The standard InChI is InChI=1S/C17H28N2/c1-13(17(2,3)4)19(5)12-14-10-11-18-16-9-7-6-8-15(14)16/h6-9,13-14,18H,10-12H2,1-5H3. The topological polar surface area (TPSA) is 15.3 Å². The van der Waals surface area contributed by atoms with Crippen molar-refractivity contribution in [2.24, 2.45) is 5.41 Å². The highest BCUT2D eigenvalue weighted by Crippen LogP contribution is 2.33. The van der Waals surface area contributed by atoms with E-state index in [-0.39, 0.29) is 0 Å². The van der Waals surface area contributed by atoms with Crippen LogP contribution in [0.1, 0.15) is 45.6 Å². The summed E-state index contributed by atoms with van der Waals surface area (Å²) in [5.74, 6) is 0.659. The molecule has 1 aliphatic rings. The second kappa shape index (κ2) is 5.54. The van der Waals surface area contributed by atoms with Crippen LogP contribution in [0, 0.1) is 5.41 Å². The van der Waals surface area contributed by atoms with Crippen LogP contribution in [0.3, 0.4) is 0 Å². The van der Waals surface area contributed by atoms with Crippen LogP contribution >= 0.6 is 0 Å². The van der Waals surface area contributed by atoms with Crippen molar-refractivity contribution >= 4 is 5.69 Å². The summed E-state index contributed by atoms with van der Waals surface area (Å²) in [4.78, 5) is 2.52. The highest BCUT2D eigenvalue weighted by atomic mass is 15.1. The number of likely N-dealkylation sites (N-methyl/N-ethyl adjacent to an activating group) is 1. The lowest BCUT2D eigenvalue weighted by molar-refractivity contribution is 0.132. The van der Waals surface area contributed by atoms with Gasteiger partial charge in [0.1, 0.15) is 0 Å². The third-order valence-corrected chi connectivity index (χ3v) is 4.63. The quantitative estimate of drug-likeness (QED) is 0.885. The largest absolute Gasteiger partial charge is 0.385 e. The van der Waals surface area contributed by atoms with Crippen LogP contribution in [-0.2, 0) is 0 Å². The summed E-state index contributed by atoms with van der Waals surface area (Å²) in [6.45, 7) is 11.6. The van der Waals surface area contributed by atoms with Crippen LogP contribution in [0.15, 0.2) is 24.3 Å². The summed E-state index contributed by atoms with van der Waals surface area (Å²) in [6, 6.07) is 9.35. The van der Waals surface area contributed by atoms with Gasteiger partial charge < -0.3 is 10.2 Å². The molecule has 0 fully saturated rings. The van der Waals surface area contributed by atoms with Crippen molar-refractivity contribution in [2.45, 2.75) is 46.1 Å². The molecule has 2 heteroatoms. The molecule has 1 aromatic carbocycles. The van der Waals surface area contributed by atoms with E-state index in [4.69, 9.17) is 0 Å². The molecule has 0 amide bonds. The first-order valence-corrected chi connectivity index (χ1v) is 7.42. The Hall–Kier alpha value is -1.02. The van der Waals surface area contributed by atoms with E-state index in [2.05, 4.69) is 69.2 Å². The number of fused-ring (bicyclic) bond motifs is 1. The molecule has 1 aliphatic heterocycles.